The second-order valence-electron chi connectivity index (χ2n) is 5.18. The molecule has 0 aliphatic rings. The van der Waals surface area contributed by atoms with Gasteiger partial charge in [0.05, 0.1) is 5.69 Å². The molecule has 2 rings (SSSR count). The van der Waals surface area contributed by atoms with Crippen LogP contribution in [-0.2, 0) is 6.42 Å². The SMILES string of the molecule is C[C@@H](CCc1ccc(O)cc1)NC(=O)Nc1ccccc1F. The Morgan fingerprint density at radius 3 is 2.55 bits per heavy atom. The molecule has 116 valence electrons. The largest absolute Gasteiger partial charge is 0.508 e. The molecule has 0 spiro atoms. The van der Waals surface area contributed by atoms with Gasteiger partial charge >= 0.3 is 6.03 Å². The van der Waals surface area contributed by atoms with Crippen molar-refractivity contribution in [2.45, 2.75) is 25.8 Å². The minimum atomic E-state index is -0.464. The summed E-state index contributed by atoms with van der Waals surface area (Å²) in [6.45, 7) is 1.89. The van der Waals surface area contributed by atoms with Gasteiger partial charge in [0.15, 0.2) is 0 Å². The van der Waals surface area contributed by atoms with Gasteiger partial charge in [-0.25, -0.2) is 9.18 Å². The molecule has 4 nitrogen and oxygen atoms in total. The van der Waals surface area contributed by atoms with Crippen molar-refractivity contribution < 1.29 is 14.3 Å². The molecule has 0 unspecified atom stereocenters. The van der Waals surface area contributed by atoms with E-state index in [9.17, 15) is 14.3 Å². The van der Waals surface area contributed by atoms with Gasteiger partial charge in [0.2, 0.25) is 0 Å². The van der Waals surface area contributed by atoms with Crippen LogP contribution in [0.25, 0.3) is 0 Å². The predicted molar refractivity (Wildman–Crippen MR) is 84.4 cm³/mol. The number of benzene rings is 2. The summed E-state index contributed by atoms with van der Waals surface area (Å²) in [5.41, 5.74) is 1.24. The number of aromatic hydroxyl groups is 1. The van der Waals surface area contributed by atoms with E-state index in [4.69, 9.17) is 0 Å². The molecular weight excluding hydrogens is 283 g/mol. The van der Waals surface area contributed by atoms with Gasteiger partial charge in [-0.15, -0.1) is 0 Å². The highest BCUT2D eigenvalue weighted by Gasteiger charge is 2.09. The maximum atomic E-state index is 13.4. The molecule has 3 N–H and O–H groups in total. The summed E-state index contributed by atoms with van der Waals surface area (Å²) in [4.78, 5) is 11.8. The van der Waals surface area contributed by atoms with E-state index in [1.54, 1.807) is 24.3 Å². The molecule has 1 atom stereocenters. The van der Waals surface area contributed by atoms with E-state index in [1.807, 2.05) is 19.1 Å². The fourth-order valence-electron chi connectivity index (χ4n) is 2.06. The first-order valence-corrected chi connectivity index (χ1v) is 7.14. The molecule has 0 aliphatic heterocycles. The third kappa shape index (κ3) is 4.77. The Kier molecular flexibility index (Phi) is 5.36. The molecule has 0 fully saturated rings. The number of hydrogen-bond acceptors (Lipinski definition) is 2. The standard InChI is InChI=1S/C17H19FN2O2/c1-12(6-7-13-8-10-14(21)11-9-13)19-17(22)20-16-5-3-2-4-15(16)18/h2-5,8-12,21H,6-7H2,1H3,(H2,19,20,22)/t12-/m0/s1. The average Bonchev–Trinajstić information content (AvgIpc) is 2.49. The highest BCUT2D eigenvalue weighted by atomic mass is 19.1. The maximum Gasteiger partial charge on any atom is 0.319 e. The summed E-state index contributed by atoms with van der Waals surface area (Å²) in [7, 11) is 0. The lowest BCUT2D eigenvalue weighted by Gasteiger charge is -2.15. The Morgan fingerprint density at radius 2 is 1.86 bits per heavy atom. The summed E-state index contributed by atoms with van der Waals surface area (Å²) in [5, 5.41) is 14.5. The van der Waals surface area contributed by atoms with Crippen LogP contribution in [0.4, 0.5) is 14.9 Å². The van der Waals surface area contributed by atoms with E-state index in [-0.39, 0.29) is 17.5 Å². The predicted octanol–water partition coefficient (Wildman–Crippen LogP) is 3.67. The minimum Gasteiger partial charge on any atom is -0.508 e. The zero-order valence-electron chi connectivity index (χ0n) is 12.3. The maximum absolute atomic E-state index is 13.4. The normalized spacial score (nSPS) is 11.7. The van der Waals surface area contributed by atoms with Crippen LogP contribution >= 0.6 is 0 Å². The Balaban J connectivity index is 1.79. The first-order chi connectivity index (χ1) is 10.5. The van der Waals surface area contributed by atoms with Crippen molar-refractivity contribution in [3.8, 4) is 5.75 Å². The van der Waals surface area contributed by atoms with E-state index < -0.39 is 11.8 Å². The molecule has 0 saturated heterocycles. The van der Waals surface area contributed by atoms with Crippen molar-refractivity contribution in [3.63, 3.8) is 0 Å². The van der Waals surface area contributed by atoms with Gasteiger partial charge in [0.1, 0.15) is 11.6 Å². The number of rotatable bonds is 5. The van der Waals surface area contributed by atoms with Gasteiger partial charge in [-0.1, -0.05) is 24.3 Å². The van der Waals surface area contributed by atoms with Gasteiger partial charge in [-0.3, -0.25) is 0 Å². The van der Waals surface area contributed by atoms with Crippen LogP contribution in [0.3, 0.4) is 0 Å². The van der Waals surface area contributed by atoms with Gasteiger partial charge in [-0.05, 0) is 49.6 Å². The zero-order valence-corrected chi connectivity index (χ0v) is 12.3. The van der Waals surface area contributed by atoms with Crippen molar-refractivity contribution in [1.82, 2.24) is 5.32 Å². The van der Waals surface area contributed by atoms with Gasteiger partial charge in [0.25, 0.3) is 0 Å². The monoisotopic (exact) mass is 302 g/mol. The lowest BCUT2D eigenvalue weighted by atomic mass is 10.1. The minimum absolute atomic E-state index is 0.0550. The Hall–Kier alpha value is -2.56. The van der Waals surface area contributed by atoms with Crippen LogP contribution in [0.2, 0.25) is 0 Å². The van der Waals surface area contributed by atoms with E-state index in [0.717, 1.165) is 18.4 Å². The van der Waals surface area contributed by atoms with Crippen LogP contribution in [0.1, 0.15) is 18.9 Å². The number of phenols is 1. The number of amides is 2. The summed E-state index contributed by atoms with van der Waals surface area (Å²) >= 11 is 0. The number of anilines is 1. The first-order valence-electron chi connectivity index (χ1n) is 7.14. The van der Waals surface area contributed by atoms with Crippen molar-refractivity contribution in [2.24, 2.45) is 0 Å². The second kappa shape index (κ2) is 7.45. The molecule has 2 aromatic rings. The van der Waals surface area contributed by atoms with E-state index in [0.29, 0.717) is 0 Å². The number of carbonyl (C=O) groups is 1. The van der Waals surface area contributed by atoms with Crippen molar-refractivity contribution >= 4 is 11.7 Å². The van der Waals surface area contributed by atoms with Crippen molar-refractivity contribution in [1.29, 1.82) is 0 Å². The van der Waals surface area contributed by atoms with Crippen LogP contribution in [0.5, 0.6) is 5.75 Å². The summed E-state index contributed by atoms with van der Waals surface area (Å²) < 4.78 is 13.4. The Morgan fingerprint density at radius 1 is 1.18 bits per heavy atom. The number of carbonyl (C=O) groups excluding carboxylic acids is 1. The van der Waals surface area contributed by atoms with Gasteiger partial charge in [-0.2, -0.15) is 0 Å². The number of phenolic OH excluding ortho intramolecular Hbond substituents is 1. The summed E-state index contributed by atoms with van der Waals surface area (Å²) in [6, 6.07) is 12.5. The molecule has 0 aromatic heterocycles. The quantitative estimate of drug-likeness (QED) is 0.789. The van der Waals surface area contributed by atoms with Crippen molar-refractivity contribution in [2.75, 3.05) is 5.32 Å². The first kappa shape index (κ1) is 15.8. The van der Waals surface area contributed by atoms with E-state index in [1.165, 1.54) is 12.1 Å². The van der Waals surface area contributed by atoms with Crippen LogP contribution < -0.4 is 10.6 Å². The third-order valence-electron chi connectivity index (χ3n) is 3.30. The van der Waals surface area contributed by atoms with Gasteiger partial charge in [0, 0.05) is 6.04 Å². The van der Waals surface area contributed by atoms with Crippen LogP contribution in [-0.4, -0.2) is 17.2 Å². The van der Waals surface area contributed by atoms with E-state index >= 15 is 0 Å². The fraction of sp³-hybridized carbons (Fsp3) is 0.235. The highest BCUT2D eigenvalue weighted by molar-refractivity contribution is 5.89. The van der Waals surface area contributed by atoms with Crippen molar-refractivity contribution in [3.05, 3.63) is 59.9 Å². The number of urea groups is 1. The smallest absolute Gasteiger partial charge is 0.319 e. The molecule has 0 radical (unpaired) electrons. The molecule has 0 bridgehead atoms. The average molecular weight is 302 g/mol. The second-order valence-corrected chi connectivity index (χ2v) is 5.18. The number of para-hydroxylation sites is 1. The lowest BCUT2D eigenvalue weighted by Crippen LogP contribution is -2.36. The van der Waals surface area contributed by atoms with Crippen LogP contribution in [0.15, 0.2) is 48.5 Å². The van der Waals surface area contributed by atoms with E-state index in [2.05, 4.69) is 10.6 Å². The van der Waals surface area contributed by atoms with Gasteiger partial charge < -0.3 is 15.7 Å². The number of aryl methyl sites for hydroxylation is 1. The van der Waals surface area contributed by atoms with Crippen LogP contribution in [0, 0.1) is 5.82 Å². The summed E-state index contributed by atoms with van der Waals surface area (Å²) in [5.74, 6) is -0.228. The lowest BCUT2D eigenvalue weighted by molar-refractivity contribution is 0.248. The molecular formula is C17H19FN2O2. The third-order valence-corrected chi connectivity index (χ3v) is 3.30. The topological polar surface area (TPSA) is 61.4 Å². The molecule has 0 aliphatic carbocycles. The number of nitrogens with one attached hydrogen (secondary N) is 2. The Labute approximate surface area is 129 Å². The summed E-state index contributed by atoms with van der Waals surface area (Å²) in [6.07, 6.45) is 1.52. The molecule has 0 heterocycles. The zero-order chi connectivity index (χ0) is 15.9. The fourth-order valence-corrected chi connectivity index (χ4v) is 2.06. The highest BCUT2D eigenvalue weighted by Crippen LogP contribution is 2.13. The molecule has 0 saturated carbocycles. The molecule has 2 amide bonds. The molecule has 2 aromatic carbocycles. The Bertz CT molecular complexity index is 629. The number of halogens is 1. The number of hydrogen-bond donors (Lipinski definition) is 3. The molecule has 5 heteroatoms. The molecule has 22 heavy (non-hydrogen) atoms.